The number of piperidine rings is 1. The van der Waals surface area contributed by atoms with Gasteiger partial charge >= 0.3 is 0 Å². The molecule has 11 nitrogen and oxygen atoms in total. The third-order valence-corrected chi connectivity index (χ3v) is 13.5. The van der Waals surface area contributed by atoms with Crippen LogP contribution in [0.4, 0.5) is 21.6 Å². The summed E-state index contributed by atoms with van der Waals surface area (Å²) in [4.78, 5) is 45.4. The van der Waals surface area contributed by atoms with Crippen molar-refractivity contribution in [2.45, 2.75) is 116 Å². The Bertz CT molecular complexity index is 2230. The molecule has 12 heteroatoms. The molecule has 302 valence electrons. The third kappa shape index (κ3) is 6.61. The van der Waals surface area contributed by atoms with Crippen molar-refractivity contribution in [2.75, 3.05) is 49.6 Å². The molecule has 2 N–H and O–H groups in total. The first-order chi connectivity index (χ1) is 27.2. The number of imidazole rings is 1. The van der Waals surface area contributed by atoms with E-state index < -0.39 is 11.2 Å². The molecule has 0 bridgehead atoms. The van der Waals surface area contributed by atoms with Crippen LogP contribution in [0.3, 0.4) is 0 Å². The van der Waals surface area contributed by atoms with Crippen LogP contribution in [0, 0.1) is 18.2 Å². The van der Waals surface area contributed by atoms with Crippen LogP contribution in [0.5, 0.6) is 0 Å². The van der Waals surface area contributed by atoms with Gasteiger partial charge in [0.25, 0.3) is 5.91 Å². The monoisotopic (exact) mass is 776 g/mol. The minimum atomic E-state index is -0.543. The number of benzene rings is 2. The van der Waals surface area contributed by atoms with Crippen molar-refractivity contribution >= 4 is 40.0 Å². The zero-order chi connectivity index (χ0) is 40.0. The zero-order valence-corrected chi connectivity index (χ0v) is 34.5. The molecule has 2 aromatic heterocycles. The number of ether oxygens (including phenoxy) is 1. The first-order valence-corrected chi connectivity index (χ1v) is 21.0. The summed E-state index contributed by atoms with van der Waals surface area (Å²) in [5.41, 5.74) is 6.03. The Labute approximate surface area is 335 Å². The summed E-state index contributed by atoms with van der Waals surface area (Å²) in [6, 6.07) is 12.5. The van der Waals surface area contributed by atoms with E-state index in [-0.39, 0.29) is 35.6 Å². The molecule has 4 aromatic rings. The maximum atomic E-state index is 15.7. The summed E-state index contributed by atoms with van der Waals surface area (Å²) < 4.78 is 23.3. The smallest absolute Gasteiger partial charge is 0.251 e. The van der Waals surface area contributed by atoms with Gasteiger partial charge in [-0.2, -0.15) is 0 Å². The van der Waals surface area contributed by atoms with Crippen molar-refractivity contribution in [2.24, 2.45) is 5.41 Å². The van der Waals surface area contributed by atoms with Gasteiger partial charge in [-0.25, -0.2) is 14.4 Å². The van der Waals surface area contributed by atoms with Crippen molar-refractivity contribution in [3.63, 3.8) is 0 Å². The Kier molecular flexibility index (Phi) is 9.48. The minimum Gasteiger partial charge on any atom is -0.378 e. The Morgan fingerprint density at radius 1 is 0.947 bits per heavy atom. The number of hydrogen-bond acceptors (Lipinski definition) is 8. The molecule has 1 saturated carbocycles. The lowest BCUT2D eigenvalue weighted by molar-refractivity contribution is -0.128. The van der Waals surface area contributed by atoms with E-state index in [1.165, 1.54) is 12.5 Å². The highest BCUT2D eigenvalue weighted by Crippen LogP contribution is 2.53. The summed E-state index contributed by atoms with van der Waals surface area (Å²) in [5.74, 6) is -0.0459. The minimum absolute atomic E-state index is 0.0652. The number of likely N-dealkylation sites (tertiary alicyclic amines) is 2. The molecule has 0 atom stereocenters. The van der Waals surface area contributed by atoms with Crippen LogP contribution in [-0.2, 0) is 14.9 Å². The van der Waals surface area contributed by atoms with E-state index in [1.807, 2.05) is 24.5 Å². The second kappa shape index (κ2) is 14.2. The average Bonchev–Trinajstić information content (AvgIpc) is 3.78. The molecule has 1 spiro atoms. The predicted molar refractivity (Wildman–Crippen MR) is 222 cm³/mol. The molecule has 2 aromatic carbocycles. The van der Waals surface area contributed by atoms with Crippen LogP contribution in [0.15, 0.2) is 42.7 Å². The predicted octanol–water partition coefficient (Wildman–Crippen LogP) is 7.35. The van der Waals surface area contributed by atoms with Gasteiger partial charge in [-0.1, -0.05) is 26.0 Å². The summed E-state index contributed by atoms with van der Waals surface area (Å²) in [7, 11) is 0. The molecule has 6 heterocycles. The van der Waals surface area contributed by atoms with Gasteiger partial charge in [0.15, 0.2) is 5.82 Å². The van der Waals surface area contributed by atoms with Gasteiger partial charge in [0.2, 0.25) is 5.91 Å². The van der Waals surface area contributed by atoms with Gasteiger partial charge in [0, 0.05) is 47.5 Å². The molecule has 0 radical (unpaired) electrons. The van der Waals surface area contributed by atoms with E-state index in [1.54, 1.807) is 19.3 Å². The van der Waals surface area contributed by atoms with Gasteiger partial charge < -0.3 is 24.8 Å². The number of anilines is 3. The highest BCUT2D eigenvalue weighted by atomic mass is 19.1. The quantitative estimate of drug-likeness (QED) is 0.182. The van der Waals surface area contributed by atoms with Crippen LogP contribution in [-0.4, -0.2) is 99.7 Å². The van der Waals surface area contributed by atoms with Crippen LogP contribution < -0.4 is 15.5 Å². The standard InChI is InChI=1S/C45H57FN8O3/c1-26(2)48-42(55)33-20-37(35(46)16-28(33)5)50-41-40-38(47-25-53(40)27(3)4)21-36(49-41)29-8-9-34-39(17-29)54(31-18-30(19-31)52-13-10-44(6,7)24-52)43(56)45(34)11-14-51(15-12-45)32-22-57-23-32/h8-9,16-17,20-21,25-27,30-32H,10-15,18-19,22-24H2,1-7H3,(H,48,55)(H,49,50). The summed E-state index contributed by atoms with van der Waals surface area (Å²) in [6.45, 7) is 19.9. The van der Waals surface area contributed by atoms with E-state index in [2.05, 4.69) is 71.2 Å². The van der Waals surface area contributed by atoms with Gasteiger partial charge in [-0.15, -0.1) is 0 Å². The molecule has 1 aliphatic carbocycles. The fourth-order valence-corrected chi connectivity index (χ4v) is 10.0. The fourth-order valence-electron chi connectivity index (χ4n) is 10.0. The Morgan fingerprint density at radius 2 is 1.68 bits per heavy atom. The van der Waals surface area contributed by atoms with E-state index in [9.17, 15) is 9.59 Å². The molecule has 9 rings (SSSR count). The highest BCUT2D eigenvalue weighted by molar-refractivity contribution is 6.09. The molecule has 2 amide bonds. The normalized spacial score (nSPS) is 23.4. The molecular formula is C45H57FN8O3. The maximum absolute atomic E-state index is 15.7. The van der Waals surface area contributed by atoms with Crippen LogP contribution in [0.2, 0.25) is 0 Å². The molecule has 5 aliphatic rings. The second-order valence-electron chi connectivity index (χ2n) is 18.7. The third-order valence-electron chi connectivity index (χ3n) is 13.5. The molecular weight excluding hydrogens is 720 g/mol. The Balaban J connectivity index is 1.09. The van der Waals surface area contributed by atoms with E-state index in [0.717, 1.165) is 87.4 Å². The number of carbonyl (C=O) groups excluding carboxylic acids is 2. The number of halogens is 1. The van der Waals surface area contributed by atoms with Crippen molar-refractivity contribution in [3.8, 4) is 11.3 Å². The van der Waals surface area contributed by atoms with Crippen molar-refractivity contribution in [1.82, 2.24) is 29.7 Å². The second-order valence-corrected chi connectivity index (χ2v) is 18.7. The molecule has 3 saturated heterocycles. The lowest BCUT2D eigenvalue weighted by Crippen LogP contribution is -2.59. The Hall–Kier alpha value is -4.39. The number of pyridine rings is 1. The van der Waals surface area contributed by atoms with Crippen LogP contribution in [0.25, 0.3) is 22.3 Å². The summed E-state index contributed by atoms with van der Waals surface area (Å²) >= 11 is 0. The number of nitrogens with one attached hydrogen (secondary N) is 2. The van der Waals surface area contributed by atoms with Crippen LogP contribution >= 0.6 is 0 Å². The molecule has 57 heavy (non-hydrogen) atoms. The highest BCUT2D eigenvalue weighted by Gasteiger charge is 2.56. The van der Waals surface area contributed by atoms with Crippen molar-refractivity contribution in [3.05, 3.63) is 65.2 Å². The fraction of sp³-hybridized carbons (Fsp3) is 0.556. The lowest BCUT2D eigenvalue weighted by Gasteiger charge is -2.47. The van der Waals surface area contributed by atoms with Crippen molar-refractivity contribution < 1.29 is 18.7 Å². The summed E-state index contributed by atoms with van der Waals surface area (Å²) in [6.07, 6.45) is 6.57. The SMILES string of the molecule is Cc1cc(F)c(Nc2nc(-c3ccc4c(c3)N(C3CC(N5CCC(C)(C)C5)C3)C(=O)C43CCN(C4COC4)CC3)cc3ncn(C(C)C)c23)cc1C(=O)NC(C)C. The maximum Gasteiger partial charge on any atom is 0.251 e. The topological polar surface area (TPSA) is 108 Å². The first kappa shape index (κ1) is 38.1. The van der Waals surface area contributed by atoms with E-state index >= 15 is 4.39 Å². The van der Waals surface area contributed by atoms with E-state index in [0.29, 0.717) is 45.7 Å². The number of amides is 2. The van der Waals surface area contributed by atoms with Crippen molar-refractivity contribution in [1.29, 1.82) is 0 Å². The van der Waals surface area contributed by atoms with Gasteiger partial charge in [-0.3, -0.25) is 19.4 Å². The Morgan fingerprint density at radius 3 is 2.33 bits per heavy atom. The molecule has 4 fully saturated rings. The number of nitrogens with zero attached hydrogens (tertiary/aromatic N) is 6. The van der Waals surface area contributed by atoms with Gasteiger partial charge in [0.1, 0.15) is 11.3 Å². The lowest BCUT2D eigenvalue weighted by atomic mass is 9.73. The largest absolute Gasteiger partial charge is 0.378 e. The number of hydrogen-bond donors (Lipinski definition) is 2. The van der Waals surface area contributed by atoms with E-state index in [4.69, 9.17) is 14.7 Å². The number of aryl methyl sites for hydroxylation is 1. The number of carbonyl (C=O) groups is 2. The number of rotatable bonds is 9. The zero-order valence-electron chi connectivity index (χ0n) is 34.5. The van der Waals surface area contributed by atoms with Gasteiger partial charge in [0.05, 0.1) is 47.9 Å². The first-order valence-electron chi connectivity index (χ1n) is 21.0. The van der Waals surface area contributed by atoms with Gasteiger partial charge in [-0.05, 0) is 127 Å². The summed E-state index contributed by atoms with van der Waals surface area (Å²) in [5, 5.41) is 6.21. The number of aromatic nitrogens is 3. The number of fused-ring (bicyclic) bond motifs is 3. The average molecular weight is 777 g/mol. The van der Waals surface area contributed by atoms with Crippen LogP contribution in [0.1, 0.15) is 101 Å². The molecule has 0 unspecified atom stereocenters. The molecule has 4 aliphatic heterocycles.